The summed E-state index contributed by atoms with van der Waals surface area (Å²) < 4.78 is 0. The minimum Gasteiger partial charge on any atom is -0.309 e. The molecule has 0 radical (unpaired) electrons. The molecule has 0 spiro atoms. The Labute approximate surface area is 60.2 Å². The van der Waals surface area contributed by atoms with Crippen LogP contribution in [-0.2, 0) is 6.42 Å². The lowest BCUT2D eigenvalue weighted by Crippen LogP contribution is -2.15. The molecule has 4 nitrogen and oxygen atoms in total. The van der Waals surface area contributed by atoms with E-state index in [-0.39, 0.29) is 0 Å². The number of nitrogens with zero attached hydrogens (tertiary/aromatic N) is 3. The van der Waals surface area contributed by atoms with E-state index in [1.807, 2.05) is 14.1 Å². The average molecular weight is 140 g/mol. The van der Waals surface area contributed by atoms with Gasteiger partial charge in [0.1, 0.15) is 0 Å². The van der Waals surface area contributed by atoms with E-state index in [0.717, 1.165) is 18.7 Å². The molecule has 0 amide bonds. The van der Waals surface area contributed by atoms with Gasteiger partial charge in [0, 0.05) is 13.0 Å². The van der Waals surface area contributed by atoms with Gasteiger partial charge in [-0.15, -0.1) is 0 Å². The molecule has 10 heavy (non-hydrogen) atoms. The number of nitrogens with one attached hydrogen (secondary N) is 1. The molecule has 4 heteroatoms. The first-order valence-electron chi connectivity index (χ1n) is 3.28. The Bertz CT molecular complexity index is 168. The van der Waals surface area contributed by atoms with Crippen molar-refractivity contribution in [2.24, 2.45) is 0 Å². The molecule has 0 saturated carbocycles. The van der Waals surface area contributed by atoms with Crippen LogP contribution in [0.2, 0.25) is 0 Å². The van der Waals surface area contributed by atoms with Crippen LogP contribution < -0.4 is 0 Å². The van der Waals surface area contributed by atoms with Gasteiger partial charge in [0.25, 0.3) is 0 Å². The van der Waals surface area contributed by atoms with E-state index in [9.17, 15) is 0 Å². The predicted molar refractivity (Wildman–Crippen MR) is 38.6 cm³/mol. The third-order valence-electron chi connectivity index (χ3n) is 1.28. The van der Waals surface area contributed by atoms with Gasteiger partial charge in [0.05, 0.1) is 11.9 Å². The quantitative estimate of drug-likeness (QED) is 0.638. The SMILES string of the molecule is CN(C)CCc1cn[nH]n1. The van der Waals surface area contributed by atoms with Gasteiger partial charge in [-0.3, -0.25) is 0 Å². The summed E-state index contributed by atoms with van der Waals surface area (Å²) in [7, 11) is 4.08. The van der Waals surface area contributed by atoms with Crippen molar-refractivity contribution >= 4 is 0 Å². The highest BCUT2D eigenvalue weighted by Gasteiger charge is 1.95. The average Bonchev–Trinajstić information content (AvgIpc) is 2.34. The maximum absolute atomic E-state index is 3.93. The van der Waals surface area contributed by atoms with E-state index in [4.69, 9.17) is 0 Å². The Balaban J connectivity index is 2.28. The Morgan fingerprint density at radius 1 is 1.60 bits per heavy atom. The van der Waals surface area contributed by atoms with Crippen LogP contribution in [0.25, 0.3) is 0 Å². The largest absolute Gasteiger partial charge is 0.309 e. The highest BCUT2D eigenvalue weighted by Crippen LogP contribution is 1.90. The molecule has 56 valence electrons. The molecule has 0 aliphatic rings. The van der Waals surface area contributed by atoms with E-state index in [2.05, 4.69) is 20.3 Å². The highest BCUT2D eigenvalue weighted by molar-refractivity contribution is 4.90. The monoisotopic (exact) mass is 140 g/mol. The van der Waals surface area contributed by atoms with E-state index in [1.54, 1.807) is 6.20 Å². The molecule has 0 saturated heterocycles. The summed E-state index contributed by atoms with van der Waals surface area (Å²) in [5.41, 5.74) is 1.02. The molecule has 0 unspecified atom stereocenters. The van der Waals surface area contributed by atoms with Crippen LogP contribution >= 0.6 is 0 Å². The number of hydrogen-bond acceptors (Lipinski definition) is 3. The van der Waals surface area contributed by atoms with Gasteiger partial charge in [0.15, 0.2) is 0 Å². The Morgan fingerprint density at radius 3 is 2.90 bits per heavy atom. The third-order valence-corrected chi connectivity index (χ3v) is 1.28. The summed E-state index contributed by atoms with van der Waals surface area (Å²) in [6.07, 6.45) is 2.72. The standard InChI is InChI=1S/C6H12N4/c1-10(2)4-3-6-5-7-9-8-6/h5H,3-4H2,1-2H3,(H,7,8,9). The Kier molecular flexibility index (Phi) is 2.39. The zero-order valence-corrected chi connectivity index (χ0v) is 6.33. The van der Waals surface area contributed by atoms with Crippen LogP contribution in [-0.4, -0.2) is 41.0 Å². The number of likely N-dealkylation sites (N-methyl/N-ethyl adjacent to an activating group) is 1. The number of aromatic nitrogens is 3. The normalized spacial score (nSPS) is 10.7. The van der Waals surface area contributed by atoms with E-state index >= 15 is 0 Å². The van der Waals surface area contributed by atoms with Crippen molar-refractivity contribution in [2.75, 3.05) is 20.6 Å². The van der Waals surface area contributed by atoms with Gasteiger partial charge < -0.3 is 4.90 Å². The smallest absolute Gasteiger partial charge is 0.0837 e. The molecule has 1 rings (SSSR count). The van der Waals surface area contributed by atoms with E-state index < -0.39 is 0 Å². The van der Waals surface area contributed by atoms with Gasteiger partial charge in [0.2, 0.25) is 0 Å². The minimum atomic E-state index is 0.962. The van der Waals surface area contributed by atoms with Crippen molar-refractivity contribution in [1.29, 1.82) is 0 Å². The second-order valence-corrected chi connectivity index (χ2v) is 2.51. The minimum absolute atomic E-state index is 0.962. The van der Waals surface area contributed by atoms with Crippen LogP contribution in [0, 0.1) is 0 Å². The molecule has 1 heterocycles. The molecular weight excluding hydrogens is 128 g/mol. The predicted octanol–water partition coefficient (Wildman–Crippen LogP) is -0.0912. The van der Waals surface area contributed by atoms with Crippen LogP contribution in [0.1, 0.15) is 5.69 Å². The lowest BCUT2D eigenvalue weighted by atomic mass is 10.3. The number of hydrogen-bond donors (Lipinski definition) is 1. The fourth-order valence-corrected chi connectivity index (χ4v) is 0.684. The fourth-order valence-electron chi connectivity index (χ4n) is 0.684. The summed E-state index contributed by atoms with van der Waals surface area (Å²) >= 11 is 0. The maximum atomic E-state index is 3.93. The third kappa shape index (κ3) is 2.14. The van der Waals surface area contributed by atoms with Gasteiger partial charge in [-0.2, -0.15) is 15.4 Å². The number of H-pyrrole nitrogens is 1. The molecule has 1 aromatic heterocycles. The molecule has 1 aromatic rings. The van der Waals surface area contributed by atoms with Crippen molar-refractivity contribution in [3.05, 3.63) is 11.9 Å². The first-order chi connectivity index (χ1) is 4.79. The van der Waals surface area contributed by atoms with Crippen LogP contribution in [0.15, 0.2) is 6.20 Å². The fraction of sp³-hybridized carbons (Fsp3) is 0.667. The van der Waals surface area contributed by atoms with Crippen molar-refractivity contribution in [2.45, 2.75) is 6.42 Å². The molecule has 0 aliphatic carbocycles. The molecule has 0 fully saturated rings. The summed E-state index contributed by atoms with van der Waals surface area (Å²) in [5, 5.41) is 10.2. The van der Waals surface area contributed by atoms with Crippen molar-refractivity contribution in [3.8, 4) is 0 Å². The number of aromatic amines is 1. The van der Waals surface area contributed by atoms with E-state index in [0.29, 0.717) is 0 Å². The molecule has 1 N–H and O–H groups in total. The second-order valence-electron chi connectivity index (χ2n) is 2.51. The van der Waals surface area contributed by atoms with Crippen molar-refractivity contribution < 1.29 is 0 Å². The second kappa shape index (κ2) is 3.31. The van der Waals surface area contributed by atoms with Crippen molar-refractivity contribution in [3.63, 3.8) is 0 Å². The number of rotatable bonds is 3. The maximum Gasteiger partial charge on any atom is 0.0837 e. The molecule has 0 bridgehead atoms. The zero-order chi connectivity index (χ0) is 7.40. The van der Waals surface area contributed by atoms with Crippen LogP contribution in [0.4, 0.5) is 0 Å². The summed E-state index contributed by atoms with van der Waals surface area (Å²) in [6, 6.07) is 0. The van der Waals surface area contributed by atoms with Gasteiger partial charge >= 0.3 is 0 Å². The Morgan fingerprint density at radius 2 is 2.40 bits per heavy atom. The molecular formula is C6H12N4. The summed E-state index contributed by atoms with van der Waals surface area (Å²) in [6.45, 7) is 1.02. The summed E-state index contributed by atoms with van der Waals surface area (Å²) in [4.78, 5) is 2.12. The van der Waals surface area contributed by atoms with Gasteiger partial charge in [-0.25, -0.2) is 0 Å². The van der Waals surface area contributed by atoms with Gasteiger partial charge in [-0.05, 0) is 14.1 Å². The summed E-state index contributed by atoms with van der Waals surface area (Å²) in [5.74, 6) is 0. The van der Waals surface area contributed by atoms with E-state index in [1.165, 1.54) is 0 Å². The topological polar surface area (TPSA) is 44.8 Å². The zero-order valence-electron chi connectivity index (χ0n) is 6.33. The first kappa shape index (κ1) is 7.21. The van der Waals surface area contributed by atoms with Crippen LogP contribution in [0.3, 0.4) is 0 Å². The van der Waals surface area contributed by atoms with Gasteiger partial charge in [-0.1, -0.05) is 0 Å². The lowest BCUT2D eigenvalue weighted by Gasteiger charge is -2.05. The van der Waals surface area contributed by atoms with Crippen LogP contribution in [0.5, 0.6) is 0 Å². The highest BCUT2D eigenvalue weighted by atomic mass is 15.3. The first-order valence-corrected chi connectivity index (χ1v) is 3.28. The Hall–Kier alpha value is -0.900. The molecule has 0 aliphatic heterocycles. The molecule has 0 atom stereocenters. The molecule has 0 aromatic carbocycles. The van der Waals surface area contributed by atoms with Crippen molar-refractivity contribution in [1.82, 2.24) is 20.3 Å². The lowest BCUT2D eigenvalue weighted by molar-refractivity contribution is 0.411.